The summed E-state index contributed by atoms with van der Waals surface area (Å²) in [5, 5.41) is 5.15. The van der Waals surface area contributed by atoms with Crippen molar-refractivity contribution in [3.05, 3.63) is 29.3 Å². The third-order valence-corrected chi connectivity index (χ3v) is 2.75. The second kappa shape index (κ2) is 6.60. The van der Waals surface area contributed by atoms with Crippen LogP contribution >= 0.6 is 12.2 Å². The summed E-state index contributed by atoms with van der Waals surface area (Å²) in [5.41, 5.74) is 5.04. The van der Waals surface area contributed by atoms with Gasteiger partial charge in [0.1, 0.15) is 28.4 Å². The lowest BCUT2D eigenvalue weighted by Gasteiger charge is -2.18. The van der Waals surface area contributed by atoms with Gasteiger partial charge in [-0.1, -0.05) is 12.2 Å². The van der Waals surface area contributed by atoms with Crippen molar-refractivity contribution in [1.29, 1.82) is 0 Å². The number of hydrogen-bond donors (Lipinski definition) is 3. The van der Waals surface area contributed by atoms with Crippen LogP contribution in [-0.2, 0) is 4.79 Å². The molecule has 0 bridgehead atoms. The van der Waals surface area contributed by atoms with Crippen LogP contribution in [0.5, 0.6) is 0 Å². The number of thiocarbonyl (C=S) groups is 1. The zero-order valence-corrected chi connectivity index (χ0v) is 12.3. The van der Waals surface area contributed by atoms with E-state index >= 15 is 0 Å². The molecule has 4 N–H and O–H groups in total. The van der Waals surface area contributed by atoms with Gasteiger partial charge < -0.3 is 16.4 Å². The van der Waals surface area contributed by atoms with Crippen molar-refractivity contribution in [3.8, 4) is 0 Å². The molecule has 0 radical (unpaired) electrons. The summed E-state index contributed by atoms with van der Waals surface area (Å²) >= 11 is 4.66. The maximum atomic E-state index is 13.8. The maximum Gasteiger partial charge on any atom is 0.242 e. The van der Waals surface area contributed by atoms with Crippen LogP contribution in [0.2, 0.25) is 0 Å². The van der Waals surface area contributed by atoms with Gasteiger partial charge in [-0.25, -0.2) is 8.78 Å². The van der Waals surface area contributed by atoms with Gasteiger partial charge in [0.2, 0.25) is 5.91 Å². The highest BCUT2D eigenvalue weighted by molar-refractivity contribution is 7.80. The Labute approximate surface area is 121 Å². The molecule has 20 heavy (non-hydrogen) atoms. The standard InChI is InChI=1S/C13H17F2N3OS/c1-6(2)17-13(19)7(3)18-11-9(14)4-8(12(16)20)5-10(11)15/h4-7,18H,1-3H3,(H2,16,20)(H,17,19). The molecule has 0 fully saturated rings. The third-order valence-electron chi connectivity index (χ3n) is 2.51. The molecule has 7 heteroatoms. The smallest absolute Gasteiger partial charge is 0.242 e. The summed E-state index contributed by atoms with van der Waals surface area (Å²) < 4.78 is 27.6. The Balaban J connectivity index is 2.93. The fourth-order valence-electron chi connectivity index (χ4n) is 1.54. The minimum absolute atomic E-state index is 0.0570. The molecule has 4 nitrogen and oxygen atoms in total. The zero-order chi connectivity index (χ0) is 15.4. The second-order valence-corrected chi connectivity index (χ2v) is 5.15. The Morgan fingerprint density at radius 3 is 2.15 bits per heavy atom. The molecule has 110 valence electrons. The molecule has 1 amide bonds. The number of benzene rings is 1. The molecule has 0 aliphatic carbocycles. The van der Waals surface area contributed by atoms with Gasteiger partial charge >= 0.3 is 0 Å². The number of rotatable bonds is 5. The topological polar surface area (TPSA) is 67.2 Å². The largest absolute Gasteiger partial charge is 0.389 e. The molecule has 0 saturated heterocycles. The van der Waals surface area contributed by atoms with Crippen LogP contribution in [0.1, 0.15) is 26.3 Å². The van der Waals surface area contributed by atoms with E-state index in [4.69, 9.17) is 5.73 Å². The molecule has 0 saturated carbocycles. The summed E-state index contributed by atoms with van der Waals surface area (Å²) in [6.45, 7) is 5.10. The molecule has 1 atom stereocenters. The van der Waals surface area contributed by atoms with E-state index < -0.39 is 17.7 Å². The molecule has 0 aliphatic rings. The van der Waals surface area contributed by atoms with Crippen LogP contribution in [0, 0.1) is 11.6 Å². The Kier molecular flexibility index (Phi) is 5.38. The van der Waals surface area contributed by atoms with Crippen LogP contribution in [0.15, 0.2) is 12.1 Å². The Morgan fingerprint density at radius 1 is 1.25 bits per heavy atom. The van der Waals surface area contributed by atoms with Crippen molar-refractivity contribution in [2.45, 2.75) is 32.9 Å². The van der Waals surface area contributed by atoms with Crippen LogP contribution in [-0.4, -0.2) is 23.0 Å². The van der Waals surface area contributed by atoms with E-state index in [1.807, 2.05) is 0 Å². The summed E-state index contributed by atoms with van der Waals surface area (Å²) in [6.07, 6.45) is 0. The fraction of sp³-hybridized carbons (Fsp3) is 0.385. The first kappa shape index (κ1) is 16.3. The van der Waals surface area contributed by atoms with Gasteiger partial charge in [0, 0.05) is 11.6 Å². The van der Waals surface area contributed by atoms with Gasteiger partial charge in [-0.05, 0) is 32.9 Å². The quantitative estimate of drug-likeness (QED) is 0.727. The summed E-state index contributed by atoms with van der Waals surface area (Å²) in [5.74, 6) is -2.05. The number of nitrogens with two attached hydrogens (primary N) is 1. The summed E-state index contributed by atoms with van der Waals surface area (Å²) in [7, 11) is 0. The normalized spacial score (nSPS) is 12.1. The molecule has 0 spiro atoms. The lowest BCUT2D eigenvalue weighted by Crippen LogP contribution is -2.41. The van der Waals surface area contributed by atoms with E-state index in [1.54, 1.807) is 13.8 Å². The first-order chi connectivity index (χ1) is 9.22. The number of carbonyl (C=O) groups is 1. The van der Waals surface area contributed by atoms with Gasteiger partial charge in [0.15, 0.2) is 0 Å². The van der Waals surface area contributed by atoms with E-state index in [1.165, 1.54) is 6.92 Å². The van der Waals surface area contributed by atoms with Gasteiger partial charge in [0.25, 0.3) is 0 Å². The predicted molar refractivity (Wildman–Crippen MR) is 78.6 cm³/mol. The maximum absolute atomic E-state index is 13.8. The highest BCUT2D eigenvalue weighted by atomic mass is 32.1. The summed E-state index contributed by atoms with van der Waals surface area (Å²) in [4.78, 5) is 11.6. The molecule has 1 unspecified atom stereocenters. The lowest BCUT2D eigenvalue weighted by molar-refractivity contribution is -0.122. The average molecular weight is 301 g/mol. The molecular formula is C13H17F2N3OS. The van der Waals surface area contributed by atoms with Crippen LogP contribution in [0.4, 0.5) is 14.5 Å². The minimum atomic E-state index is -0.850. The Bertz CT molecular complexity index is 511. The van der Waals surface area contributed by atoms with Crippen molar-refractivity contribution < 1.29 is 13.6 Å². The molecule has 1 aromatic carbocycles. The Morgan fingerprint density at radius 2 is 1.75 bits per heavy atom. The zero-order valence-electron chi connectivity index (χ0n) is 11.5. The molecule has 1 rings (SSSR count). The Hall–Kier alpha value is -1.76. The minimum Gasteiger partial charge on any atom is -0.389 e. The third kappa shape index (κ3) is 4.12. The van der Waals surface area contributed by atoms with Crippen molar-refractivity contribution in [2.24, 2.45) is 5.73 Å². The van der Waals surface area contributed by atoms with E-state index in [9.17, 15) is 13.6 Å². The highest BCUT2D eigenvalue weighted by Crippen LogP contribution is 2.21. The number of halogens is 2. The van der Waals surface area contributed by atoms with Gasteiger partial charge in [-0.3, -0.25) is 4.79 Å². The first-order valence-corrected chi connectivity index (χ1v) is 6.49. The van der Waals surface area contributed by atoms with Gasteiger partial charge in [-0.15, -0.1) is 0 Å². The van der Waals surface area contributed by atoms with E-state index in [-0.39, 0.29) is 28.2 Å². The number of nitrogens with one attached hydrogen (secondary N) is 2. The predicted octanol–water partition coefficient (Wildman–Crippen LogP) is 1.92. The van der Waals surface area contributed by atoms with Gasteiger partial charge in [-0.2, -0.15) is 0 Å². The SMILES string of the molecule is CC(C)NC(=O)C(C)Nc1c(F)cc(C(N)=S)cc1F. The lowest BCUT2D eigenvalue weighted by atomic mass is 10.1. The fourth-order valence-corrected chi connectivity index (χ4v) is 1.66. The highest BCUT2D eigenvalue weighted by Gasteiger charge is 2.18. The van der Waals surface area contributed by atoms with Crippen molar-refractivity contribution in [2.75, 3.05) is 5.32 Å². The first-order valence-electron chi connectivity index (χ1n) is 6.08. The summed E-state index contributed by atoms with van der Waals surface area (Å²) in [6, 6.07) is 1.22. The van der Waals surface area contributed by atoms with Crippen molar-refractivity contribution in [3.63, 3.8) is 0 Å². The molecule has 0 aliphatic heterocycles. The van der Waals surface area contributed by atoms with E-state index in [0.29, 0.717) is 0 Å². The molecule has 0 heterocycles. The second-order valence-electron chi connectivity index (χ2n) is 4.71. The molecule has 0 aromatic heterocycles. The number of amides is 1. The number of carbonyl (C=O) groups excluding carboxylic acids is 1. The number of anilines is 1. The van der Waals surface area contributed by atoms with Crippen molar-refractivity contribution in [1.82, 2.24) is 5.32 Å². The monoisotopic (exact) mass is 301 g/mol. The molecule has 1 aromatic rings. The molecular weight excluding hydrogens is 284 g/mol. The van der Waals surface area contributed by atoms with Crippen LogP contribution in [0.3, 0.4) is 0 Å². The van der Waals surface area contributed by atoms with Crippen molar-refractivity contribution >= 4 is 28.8 Å². The van der Waals surface area contributed by atoms with Crippen LogP contribution < -0.4 is 16.4 Å². The van der Waals surface area contributed by atoms with E-state index in [0.717, 1.165) is 12.1 Å². The van der Waals surface area contributed by atoms with Crippen LogP contribution in [0.25, 0.3) is 0 Å². The van der Waals surface area contributed by atoms with E-state index in [2.05, 4.69) is 22.9 Å². The van der Waals surface area contributed by atoms with Gasteiger partial charge in [0.05, 0.1) is 0 Å². The average Bonchev–Trinajstić information content (AvgIpc) is 2.32. The number of hydrogen-bond acceptors (Lipinski definition) is 3.